The van der Waals surface area contributed by atoms with Crippen molar-refractivity contribution in [2.24, 2.45) is 0 Å². The van der Waals surface area contributed by atoms with Crippen LogP contribution in [-0.2, 0) is 25.9 Å². The van der Waals surface area contributed by atoms with Gasteiger partial charge >= 0.3 is 0 Å². The number of fused-ring (bicyclic) bond motifs is 1. The molecule has 26 heavy (non-hydrogen) atoms. The van der Waals surface area contributed by atoms with Crippen LogP contribution in [0.1, 0.15) is 54.2 Å². The Morgan fingerprint density at radius 1 is 1.12 bits per heavy atom. The lowest BCUT2D eigenvalue weighted by Crippen LogP contribution is -2.31. The van der Waals surface area contributed by atoms with Crippen molar-refractivity contribution in [3.8, 4) is 0 Å². The summed E-state index contributed by atoms with van der Waals surface area (Å²) in [6.45, 7) is 6.65. The standard InChI is InChI=1S/C20H23N5O/c1-14(2)20-21-11-16-8-9-25(12-17(16)22-20)13-19-24-23-18(26-19)10-15-6-4-3-5-7-15/h3-7,11,14H,8-10,12-13H2,1-2H3. The Hall–Kier alpha value is -2.60. The molecule has 0 radical (unpaired) electrons. The van der Waals surface area contributed by atoms with E-state index in [-0.39, 0.29) is 0 Å². The Balaban J connectivity index is 1.42. The van der Waals surface area contributed by atoms with Gasteiger partial charge in [0.05, 0.1) is 18.7 Å². The molecule has 0 spiro atoms. The van der Waals surface area contributed by atoms with Crippen molar-refractivity contribution in [1.82, 2.24) is 25.1 Å². The highest BCUT2D eigenvalue weighted by molar-refractivity contribution is 5.21. The van der Waals surface area contributed by atoms with Gasteiger partial charge in [-0.15, -0.1) is 10.2 Å². The summed E-state index contributed by atoms with van der Waals surface area (Å²) >= 11 is 0. The van der Waals surface area contributed by atoms with Crippen molar-refractivity contribution in [3.05, 3.63) is 71.0 Å². The summed E-state index contributed by atoms with van der Waals surface area (Å²) in [6.07, 6.45) is 3.61. The summed E-state index contributed by atoms with van der Waals surface area (Å²) in [4.78, 5) is 11.5. The van der Waals surface area contributed by atoms with Crippen LogP contribution in [-0.4, -0.2) is 31.6 Å². The molecule has 0 unspecified atom stereocenters. The Bertz CT molecular complexity index is 875. The third kappa shape index (κ3) is 3.80. The highest BCUT2D eigenvalue weighted by Gasteiger charge is 2.21. The summed E-state index contributed by atoms with van der Waals surface area (Å²) in [6, 6.07) is 10.2. The zero-order chi connectivity index (χ0) is 17.9. The maximum Gasteiger partial charge on any atom is 0.230 e. The van der Waals surface area contributed by atoms with Crippen molar-refractivity contribution < 1.29 is 4.42 Å². The van der Waals surface area contributed by atoms with Gasteiger partial charge in [-0.1, -0.05) is 44.2 Å². The van der Waals surface area contributed by atoms with Crippen LogP contribution in [0.4, 0.5) is 0 Å². The van der Waals surface area contributed by atoms with E-state index in [1.165, 1.54) is 11.1 Å². The minimum Gasteiger partial charge on any atom is -0.424 e. The maximum absolute atomic E-state index is 5.84. The predicted molar refractivity (Wildman–Crippen MR) is 97.5 cm³/mol. The van der Waals surface area contributed by atoms with Crippen molar-refractivity contribution in [2.45, 2.75) is 45.7 Å². The fraction of sp³-hybridized carbons (Fsp3) is 0.400. The Kier molecular flexibility index (Phi) is 4.75. The van der Waals surface area contributed by atoms with Gasteiger partial charge in [0.15, 0.2) is 0 Å². The molecule has 2 aromatic heterocycles. The van der Waals surface area contributed by atoms with Crippen molar-refractivity contribution >= 4 is 0 Å². The second kappa shape index (κ2) is 7.33. The van der Waals surface area contributed by atoms with Crippen LogP contribution in [0.3, 0.4) is 0 Å². The topological polar surface area (TPSA) is 67.9 Å². The molecule has 0 fully saturated rings. The Morgan fingerprint density at radius 2 is 1.92 bits per heavy atom. The van der Waals surface area contributed by atoms with Crippen molar-refractivity contribution in [1.29, 1.82) is 0 Å². The molecule has 6 nitrogen and oxygen atoms in total. The van der Waals surface area contributed by atoms with E-state index < -0.39 is 0 Å². The van der Waals surface area contributed by atoms with Crippen LogP contribution >= 0.6 is 0 Å². The van der Waals surface area contributed by atoms with E-state index in [9.17, 15) is 0 Å². The van der Waals surface area contributed by atoms with E-state index in [1.807, 2.05) is 24.4 Å². The molecule has 1 aromatic carbocycles. The van der Waals surface area contributed by atoms with Gasteiger partial charge in [0.25, 0.3) is 0 Å². The van der Waals surface area contributed by atoms with Crippen molar-refractivity contribution in [2.75, 3.05) is 6.54 Å². The number of aromatic nitrogens is 4. The molecule has 1 aliphatic heterocycles. The maximum atomic E-state index is 5.84. The van der Waals surface area contributed by atoms with Gasteiger partial charge in [-0.3, -0.25) is 4.90 Å². The molecule has 1 aliphatic rings. The Morgan fingerprint density at radius 3 is 2.73 bits per heavy atom. The third-order valence-corrected chi connectivity index (χ3v) is 4.63. The zero-order valence-electron chi connectivity index (χ0n) is 15.2. The number of hydrogen-bond acceptors (Lipinski definition) is 6. The van der Waals surface area contributed by atoms with Crippen LogP contribution in [0.5, 0.6) is 0 Å². The molecule has 3 heterocycles. The molecule has 6 heteroatoms. The molecule has 0 aliphatic carbocycles. The molecule has 0 N–H and O–H groups in total. The molecule has 4 rings (SSSR count). The lowest BCUT2D eigenvalue weighted by Gasteiger charge is -2.26. The van der Waals surface area contributed by atoms with Gasteiger partial charge in [0.2, 0.25) is 11.8 Å². The second-order valence-electron chi connectivity index (χ2n) is 7.07. The van der Waals surface area contributed by atoms with E-state index in [4.69, 9.17) is 9.40 Å². The number of rotatable bonds is 5. The molecule has 134 valence electrons. The normalized spacial score (nSPS) is 14.6. The number of hydrogen-bond donors (Lipinski definition) is 0. The lowest BCUT2D eigenvalue weighted by atomic mass is 10.1. The quantitative estimate of drug-likeness (QED) is 0.705. The van der Waals surface area contributed by atoms with Gasteiger partial charge in [-0.2, -0.15) is 0 Å². The minimum absolute atomic E-state index is 0.340. The Labute approximate surface area is 153 Å². The van der Waals surface area contributed by atoms with Gasteiger partial charge in [-0.05, 0) is 17.5 Å². The first-order valence-electron chi connectivity index (χ1n) is 9.09. The summed E-state index contributed by atoms with van der Waals surface area (Å²) in [5.74, 6) is 2.58. The third-order valence-electron chi connectivity index (χ3n) is 4.63. The number of benzene rings is 1. The average Bonchev–Trinajstić information content (AvgIpc) is 3.08. The van der Waals surface area contributed by atoms with Crippen LogP contribution in [0, 0.1) is 0 Å². The first-order chi connectivity index (χ1) is 12.7. The SMILES string of the molecule is CC(C)c1ncc2c(n1)CN(Cc1nnc(Cc3ccccc3)o1)CC2. The zero-order valence-corrected chi connectivity index (χ0v) is 15.2. The summed E-state index contributed by atoms with van der Waals surface area (Å²) in [5, 5.41) is 8.41. The fourth-order valence-electron chi connectivity index (χ4n) is 3.17. The monoisotopic (exact) mass is 349 g/mol. The van der Waals surface area contributed by atoms with E-state index in [1.54, 1.807) is 0 Å². The second-order valence-corrected chi connectivity index (χ2v) is 7.07. The highest BCUT2D eigenvalue weighted by atomic mass is 16.4. The van der Waals surface area contributed by atoms with E-state index in [2.05, 4.69) is 46.1 Å². The van der Waals surface area contributed by atoms with Crippen LogP contribution in [0.2, 0.25) is 0 Å². The van der Waals surface area contributed by atoms with E-state index in [0.717, 1.165) is 31.0 Å². The van der Waals surface area contributed by atoms with Gasteiger partial charge in [0, 0.05) is 25.2 Å². The molecule has 3 aromatic rings. The van der Waals surface area contributed by atoms with E-state index in [0.29, 0.717) is 30.7 Å². The largest absolute Gasteiger partial charge is 0.424 e. The first kappa shape index (κ1) is 16.8. The van der Waals surface area contributed by atoms with Crippen LogP contribution in [0.15, 0.2) is 40.9 Å². The van der Waals surface area contributed by atoms with E-state index >= 15 is 0 Å². The van der Waals surface area contributed by atoms with Crippen molar-refractivity contribution in [3.63, 3.8) is 0 Å². The summed E-state index contributed by atoms with van der Waals surface area (Å²) < 4.78 is 5.84. The molecule has 0 atom stereocenters. The van der Waals surface area contributed by atoms with Gasteiger partial charge in [0.1, 0.15) is 5.82 Å². The smallest absolute Gasteiger partial charge is 0.230 e. The van der Waals surface area contributed by atoms with Gasteiger partial charge < -0.3 is 4.42 Å². The highest BCUT2D eigenvalue weighted by Crippen LogP contribution is 2.20. The lowest BCUT2D eigenvalue weighted by molar-refractivity contribution is 0.215. The number of nitrogens with zero attached hydrogens (tertiary/aromatic N) is 5. The fourth-order valence-corrected chi connectivity index (χ4v) is 3.17. The molecule has 0 amide bonds. The molecule has 0 saturated carbocycles. The molecule has 0 bridgehead atoms. The first-order valence-corrected chi connectivity index (χ1v) is 9.09. The van der Waals surface area contributed by atoms with Crippen LogP contribution < -0.4 is 0 Å². The summed E-state index contributed by atoms with van der Waals surface area (Å²) in [7, 11) is 0. The molecule has 0 saturated heterocycles. The van der Waals surface area contributed by atoms with Crippen LogP contribution in [0.25, 0.3) is 0 Å². The summed E-state index contributed by atoms with van der Waals surface area (Å²) in [5.41, 5.74) is 3.55. The minimum atomic E-state index is 0.340. The predicted octanol–water partition coefficient (Wildman–Crippen LogP) is 3.13. The van der Waals surface area contributed by atoms with Gasteiger partial charge in [-0.25, -0.2) is 9.97 Å². The molecular formula is C20H23N5O. The molecular weight excluding hydrogens is 326 g/mol. The average molecular weight is 349 g/mol.